The number of nitrogens with zero attached hydrogens (tertiary/aromatic N) is 1. The van der Waals surface area contributed by atoms with Gasteiger partial charge in [-0.3, -0.25) is 9.69 Å². The second-order valence-corrected chi connectivity index (χ2v) is 7.29. The molecule has 1 saturated heterocycles. The first-order valence-electron chi connectivity index (χ1n) is 6.61. The lowest BCUT2D eigenvalue weighted by atomic mass is 10.1. The van der Waals surface area contributed by atoms with E-state index in [1.165, 1.54) is 0 Å². The molecule has 0 bridgehead atoms. The predicted octanol–water partition coefficient (Wildman–Crippen LogP) is 3.14. The molecule has 20 heavy (non-hydrogen) atoms. The van der Waals surface area contributed by atoms with Crippen LogP contribution in [0.15, 0.2) is 30.3 Å². The van der Waals surface area contributed by atoms with Gasteiger partial charge < -0.3 is 5.32 Å². The normalized spacial score (nSPS) is 17.9. The summed E-state index contributed by atoms with van der Waals surface area (Å²) in [6, 6.07) is 9.51. The van der Waals surface area contributed by atoms with Gasteiger partial charge in [-0.2, -0.15) is 0 Å². The highest BCUT2D eigenvalue weighted by molar-refractivity contribution is 6.68. The van der Waals surface area contributed by atoms with Crippen LogP contribution in [-0.2, 0) is 11.2 Å². The fourth-order valence-electron chi connectivity index (χ4n) is 2.36. The molecule has 1 fully saturated rings. The summed E-state index contributed by atoms with van der Waals surface area (Å²) in [5.74, 6) is -0.139. The minimum absolute atomic E-state index is 0.139. The fraction of sp³-hybridized carbons (Fsp3) is 0.500. The number of likely N-dealkylation sites (tertiary alicyclic amines) is 1. The third kappa shape index (κ3) is 4.52. The highest BCUT2D eigenvalue weighted by Gasteiger charge is 2.39. The van der Waals surface area contributed by atoms with Crippen molar-refractivity contribution in [2.24, 2.45) is 0 Å². The Balaban J connectivity index is 1.98. The highest BCUT2D eigenvalue weighted by atomic mass is 35.6. The van der Waals surface area contributed by atoms with Gasteiger partial charge in [0.05, 0.1) is 6.42 Å². The maximum absolute atomic E-state index is 12.1. The van der Waals surface area contributed by atoms with Crippen LogP contribution in [0, 0.1) is 0 Å². The lowest BCUT2D eigenvalue weighted by molar-refractivity contribution is -0.122. The minimum Gasteiger partial charge on any atom is -0.336 e. The van der Waals surface area contributed by atoms with Crippen molar-refractivity contribution >= 4 is 40.7 Å². The van der Waals surface area contributed by atoms with Crippen LogP contribution in [0.5, 0.6) is 0 Å². The molecule has 6 heteroatoms. The average Bonchev–Trinajstić information content (AvgIpc) is 2.89. The zero-order valence-electron chi connectivity index (χ0n) is 11.0. The number of carbonyl (C=O) groups excluding carboxylic acids is 1. The zero-order valence-corrected chi connectivity index (χ0v) is 13.3. The Morgan fingerprint density at radius 2 is 1.80 bits per heavy atom. The van der Waals surface area contributed by atoms with Crippen molar-refractivity contribution in [2.45, 2.75) is 29.2 Å². The van der Waals surface area contributed by atoms with E-state index in [0.29, 0.717) is 0 Å². The molecule has 1 atom stereocenters. The second kappa shape index (κ2) is 6.99. The lowest BCUT2D eigenvalue weighted by Crippen LogP contribution is -2.54. The molecule has 0 spiro atoms. The van der Waals surface area contributed by atoms with Gasteiger partial charge in [-0.15, -0.1) is 0 Å². The molecule has 3 nitrogen and oxygen atoms in total. The van der Waals surface area contributed by atoms with Crippen LogP contribution in [-0.4, -0.2) is 33.9 Å². The molecule has 0 unspecified atom stereocenters. The molecule has 0 aliphatic carbocycles. The molecule has 1 aromatic carbocycles. The predicted molar refractivity (Wildman–Crippen MR) is 83.2 cm³/mol. The van der Waals surface area contributed by atoms with Crippen LogP contribution in [0.2, 0.25) is 0 Å². The quantitative estimate of drug-likeness (QED) is 0.857. The Morgan fingerprint density at radius 3 is 2.35 bits per heavy atom. The Hall–Kier alpha value is -0.480. The van der Waals surface area contributed by atoms with Crippen molar-refractivity contribution in [3.05, 3.63) is 35.9 Å². The Kier molecular flexibility index (Phi) is 5.56. The van der Waals surface area contributed by atoms with Gasteiger partial charge in [0.1, 0.15) is 6.17 Å². The fourth-order valence-corrected chi connectivity index (χ4v) is 2.94. The summed E-state index contributed by atoms with van der Waals surface area (Å²) in [7, 11) is 0. The standard InChI is InChI=1S/C14H17Cl3N2O/c15-14(16,17)13(19-8-4-5-9-19)18-12(20)10-11-6-2-1-3-7-11/h1-3,6-7,13H,4-5,8-10H2,(H,18,20)/t13-/m0/s1. The van der Waals surface area contributed by atoms with E-state index in [0.717, 1.165) is 31.5 Å². The average molecular weight is 336 g/mol. The number of carbonyl (C=O) groups is 1. The van der Waals surface area contributed by atoms with Crippen molar-refractivity contribution in [3.8, 4) is 0 Å². The first-order valence-corrected chi connectivity index (χ1v) is 7.74. The molecule has 1 aliphatic heterocycles. The Labute approximate surface area is 134 Å². The highest BCUT2D eigenvalue weighted by Crippen LogP contribution is 2.33. The van der Waals surface area contributed by atoms with Gasteiger partial charge in [-0.1, -0.05) is 65.1 Å². The summed E-state index contributed by atoms with van der Waals surface area (Å²) in [5, 5.41) is 2.84. The first-order chi connectivity index (χ1) is 9.47. The number of nitrogens with one attached hydrogen (secondary N) is 1. The van der Waals surface area contributed by atoms with E-state index in [9.17, 15) is 4.79 Å². The molecule has 110 valence electrons. The van der Waals surface area contributed by atoms with Gasteiger partial charge >= 0.3 is 0 Å². The van der Waals surface area contributed by atoms with Gasteiger partial charge in [0, 0.05) is 13.1 Å². The summed E-state index contributed by atoms with van der Waals surface area (Å²) in [5.41, 5.74) is 0.939. The van der Waals surface area contributed by atoms with Crippen LogP contribution in [0.1, 0.15) is 18.4 Å². The largest absolute Gasteiger partial charge is 0.336 e. The third-order valence-corrected chi connectivity index (χ3v) is 3.94. The summed E-state index contributed by atoms with van der Waals surface area (Å²) < 4.78 is -1.53. The van der Waals surface area contributed by atoms with Crippen LogP contribution in [0.4, 0.5) is 0 Å². The van der Waals surface area contributed by atoms with E-state index in [2.05, 4.69) is 5.32 Å². The SMILES string of the molecule is O=C(Cc1ccccc1)N[C@@H](N1CCCC1)C(Cl)(Cl)Cl. The van der Waals surface area contributed by atoms with E-state index < -0.39 is 9.96 Å². The molecule has 1 aromatic rings. The number of rotatable bonds is 4. The Bertz CT molecular complexity index is 441. The maximum atomic E-state index is 12.1. The van der Waals surface area contributed by atoms with Crippen LogP contribution < -0.4 is 5.32 Å². The van der Waals surface area contributed by atoms with Gasteiger partial charge in [-0.05, 0) is 18.4 Å². The molecule has 1 aliphatic rings. The number of halogens is 3. The summed E-state index contributed by atoms with van der Waals surface area (Å²) in [6.07, 6.45) is 1.83. The van der Waals surface area contributed by atoms with Crippen molar-refractivity contribution in [1.29, 1.82) is 0 Å². The van der Waals surface area contributed by atoms with Crippen LogP contribution in [0.3, 0.4) is 0 Å². The number of amides is 1. The van der Waals surface area contributed by atoms with Crippen molar-refractivity contribution in [1.82, 2.24) is 10.2 Å². The van der Waals surface area contributed by atoms with Crippen molar-refractivity contribution in [3.63, 3.8) is 0 Å². The van der Waals surface area contributed by atoms with E-state index >= 15 is 0 Å². The molecule has 1 N–H and O–H groups in total. The summed E-state index contributed by atoms with van der Waals surface area (Å²) in [4.78, 5) is 14.1. The summed E-state index contributed by atoms with van der Waals surface area (Å²) in [6.45, 7) is 1.67. The maximum Gasteiger partial charge on any atom is 0.225 e. The monoisotopic (exact) mass is 334 g/mol. The smallest absolute Gasteiger partial charge is 0.225 e. The van der Waals surface area contributed by atoms with Crippen LogP contribution in [0.25, 0.3) is 0 Å². The number of alkyl halides is 3. The molecular formula is C14H17Cl3N2O. The molecule has 2 rings (SSSR count). The minimum atomic E-state index is -1.53. The molecule has 1 heterocycles. The van der Waals surface area contributed by atoms with Gasteiger partial charge in [0.25, 0.3) is 0 Å². The number of hydrogen-bond donors (Lipinski definition) is 1. The van der Waals surface area contributed by atoms with Gasteiger partial charge in [0.15, 0.2) is 0 Å². The number of hydrogen-bond acceptors (Lipinski definition) is 2. The van der Waals surface area contributed by atoms with E-state index in [4.69, 9.17) is 34.8 Å². The molecule has 0 aromatic heterocycles. The first kappa shape index (κ1) is 15.9. The van der Waals surface area contributed by atoms with E-state index in [-0.39, 0.29) is 12.3 Å². The van der Waals surface area contributed by atoms with Gasteiger partial charge in [0.2, 0.25) is 9.70 Å². The van der Waals surface area contributed by atoms with Gasteiger partial charge in [-0.25, -0.2) is 0 Å². The summed E-state index contributed by atoms with van der Waals surface area (Å²) >= 11 is 18.0. The Morgan fingerprint density at radius 1 is 1.20 bits per heavy atom. The second-order valence-electron chi connectivity index (χ2n) is 4.92. The topological polar surface area (TPSA) is 32.3 Å². The molecular weight excluding hydrogens is 319 g/mol. The van der Waals surface area contributed by atoms with E-state index in [1.54, 1.807) is 0 Å². The van der Waals surface area contributed by atoms with Crippen LogP contribution >= 0.6 is 34.8 Å². The van der Waals surface area contributed by atoms with Crippen molar-refractivity contribution in [2.75, 3.05) is 13.1 Å². The lowest BCUT2D eigenvalue weighted by Gasteiger charge is -2.33. The van der Waals surface area contributed by atoms with E-state index in [1.807, 2.05) is 35.2 Å². The molecule has 1 amide bonds. The number of benzene rings is 1. The van der Waals surface area contributed by atoms with Crippen molar-refractivity contribution < 1.29 is 4.79 Å². The molecule has 0 saturated carbocycles. The zero-order chi connectivity index (χ0) is 14.6. The molecule has 0 radical (unpaired) electrons. The third-order valence-electron chi connectivity index (χ3n) is 3.32.